The first-order chi connectivity index (χ1) is 14.2. The van der Waals surface area contributed by atoms with Crippen molar-refractivity contribution >= 4 is 29.1 Å². The van der Waals surface area contributed by atoms with Crippen molar-refractivity contribution in [1.29, 1.82) is 0 Å². The van der Waals surface area contributed by atoms with Crippen LogP contribution >= 0.6 is 11.6 Å². The number of hydrogen-bond donors (Lipinski definition) is 2. The van der Waals surface area contributed by atoms with Crippen molar-refractivity contribution in [3.63, 3.8) is 0 Å². The fourth-order valence-corrected chi connectivity index (χ4v) is 2.79. The molecule has 3 aromatic rings. The lowest BCUT2D eigenvalue weighted by atomic mass is 10.1. The van der Waals surface area contributed by atoms with Crippen molar-refractivity contribution < 1.29 is 27.2 Å². The third-order valence-corrected chi connectivity index (χ3v) is 4.31. The van der Waals surface area contributed by atoms with Crippen LogP contribution in [0.25, 0.3) is 0 Å². The number of carbonyl (C=O) groups is 2. The highest BCUT2D eigenvalue weighted by Crippen LogP contribution is 2.24. The molecule has 3 rings (SSSR count). The van der Waals surface area contributed by atoms with Gasteiger partial charge in [0, 0.05) is 29.8 Å². The number of carbonyl (C=O) groups excluding carboxylic acids is 2. The molecule has 0 spiro atoms. The van der Waals surface area contributed by atoms with Crippen molar-refractivity contribution in [2.45, 2.75) is 6.54 Å². The third kappa shape index (κ3) is 5.36. The molecule has 0 atom stereocenters. The normalized spacial score (nSPS) is 10.6. The van der Waals surface area contributed by atoms with Crippen LogP contribution in [0.2, 0.25) is 5.02 Å². The average molecular weight is 437 g/mol. The molecule has 0 fully saturated rings. The van der Waals surface area contributed by atoms with Crippen molar-refractivity contribution in [1.82, 2.24) is 5.32 Å². The highest BCUT2D eigenvalue weighted by atomic mass is 35.5. The SMILES string of the molecule is O=C(NCc1ccc(Cl)c(NC(=O)c2cc(F)cc(F)c2)c1)c1cc(F)cc(F)c1. The summed E-state index contributed by atoms with van der Waals surface area (Å²) in [7, 11) is 0. The van der Waals surface area contributed by atoms with Crippen LogP contribution in [0.3, 0.4) is 0 Å². The number of halogens is 5. The Morgan fingerprint density at radius 2 is 1.23 bits per heavy atom. The van der Waals surface area contributed by atoms with Gasteiger partial charge in [0.2, 0.25) is 0 Å². The molecule has 0 aliphatic carbocycles. The van der Waals surface area contributed by atoms with Gasteiger partial charge in [0.25, 0.3) is 11.8 Å². The smallest absolute Gasteiger partial charge is 0.255 e. The Balaban J connectivity index is 1.71. The summed E-state index contributed by atoms with van der Waals surface area (Å²) < 4.78 is 53.1. The van der Waals surface area contributed by atoms with E-state index in [1.54, 1.807) is 6.07 Å². The van der Waals surface area contributed by atoms with E-state index < -0.39 is 35.1 Å². The maximum Gasteiger partial charge on any atom is 0.255 e. The summed E-state index contributed by atoms with van der Waals surface area (Å²) in [5.74, 6) is -5.07. The molecule has 3 aromatic carbocycles. The minimum absolute atomic E-state index is 0.0361. The lowest BCUT2D eigenvalue weighted by Gasteiger charge is -2.11. The summed E-state index contributed by atoms with van der Waals surface area (Å²) in [5.41, 5.74) is 0.221. The van der Waals surface area contributed by atoms with E-state index in [9.17, 15) is 27.2 Å². The minimum atomic E-state index is -0.906. The van der Waals surface area contributed by atoms with Crippen molar-refractivity contribution in [3.8, 4) is 0 Å². The number of rotatable bonds is 5. The molecule has 0 saturated heterocycles. The summed E-state index contributed by atoms with van der Waals surface area (Å²) in [6.07, 6.45) is 0. The molecule has 0 bridgehead atoms. The third-order valence-electron chi connectivity index (χ3n) is 3.98. The van der Waals surface area contributed by atoms with Crippen LogP contribution in [0.1, 0.15) is 26.3 Å². The van der Waals surface area contributed by atoms with E-state index in [1.807, 2.05) is 0 Å². The van der Waals surface area contributed by atoms with Gasteiger partial charge in [-0.1, -0.05) is 17.7 Å². The molecule has 154 valence electrons. The maximum absolute atomic E-state index is 13.3. The Labute approximate surface area is 173 Å². The molecule has 0 aromatic heterocycles. The van der Waals surface area contributed by atoms with E-state index in [1.165, 1.54) is 12.1 Å². The Bertz CT molecular complexity index is 1100. The standard InChI is InChI=1S/C21H13ClF4N2O2/c22-18-2-1-11(10-27-20(29)12-4-14(23)8-15(24)5-12)3-19(18)28-21(30)13-6-16(25)9-17(26)7-13/h1-9H,10H2,(H,27,29)(H,28,30). The molecule has 2 N–H and O–H groups in total. The number of nitrogens with one attached hydrogen (secondary N) is 2. The number of anilines is 1. The molecule has 0 saturated carbocycles. The van der Waals surface area contributed by atoms with Crippen molar-refractivity contribution in [3.05, 3.63) is 99.6 Å². The molecule has 9 heteroatoms. The lowest BCUT2D eigenvalue weighted by molar-refractivity contribution is 0.0949. The monoisotopic (exact) mass is 436 g/mol. The van der Waals surface area contributed by atoms with Gasteiger partial charge < -0.3 is 10.6 Å². The predicted molar refractivity (Wildman–Crippen MR) is 103 cm³/mol. The summed E-state index contributed by atoms with van der Waals surface area (Å²) in [6, 6.07) is 9.27. The molecule has 30 heavy (non-hydrogen) atoms. The second-order valence-electron chi connectivity index (χ2n) is 6.27. The zero-order chi connectivity index (χ0) is 21.8. The Hall–Kier alpha value is -3.39. The number of hydrogen-bond acceptors (Lipinski definition) is 2. The van der Waals surface area contributed by atoms with Crippen LogP contribution in [0.4, 0.5) is 23.2 Å². The fourth-order valence-electron chi connectivity index (χ4n) is 2.63. The summed E-state index contributed by atoms with van der Waals surface area (Å²) >= 11 is 6.05. The van der Waals surface area contributed by atoms with Gasteiger partial charge in [0.15, 0.2) is 0 Å². The van der Waals surface area contributed by atoms with E-state index >= 15 is 0 Å². The molecule has 0 heterocycles. The second kappa shape index (κ2) is 8.96. The number of benzene rings is 3. The Morgan fingerprint density at radius 3 is 1.77 bits per heavy atom. The summed E-state index contributed by atoms with van der Waals surface area (Å²) in [4.78, 5) is 24.3. The second-order valence-corrected chi connectivity index (χ2v) is 6.67. The minimum Gasteiger partial charge on any atom is -0.348 e. The number of amides is 2. The van der Waals surface area contributed by atoms with Crippen molar-refractivity contribution in [2.24, 2.45) is 0 Å². The summed E-state index contributed by atoms with van der Waals surface area (Å²) in [5, 5.41) is 5.08. The van der Waals surface area contributed by atoms with Gasteiger partial charge in [0.1, 0.15) is 23.3 Å². The van der Waals surface area contributed by atoms with Crippen LogP contribution in [-0.4, -0.2) is 11.8 Å². The highest BCUT2D eigenvalue weighted by molar-refractivity contribution is 6.34. The van der Waals surface area contributed by atoms with Gasteiger partial charge in [0.05, 0.1) is 10.7 Å². The largest absolute Gasteiger partial charge is 0.348 e. The van der Waals surface area contributed by atoms with E-state index in [0.29, 0.717) is 17.7 Å². The van der Waals surface area contributed by atoms with E-state index in [4.69, 9.17) is 11.6 Å². The molecule has 0 aliphatic rings. The van der Waals surface area contributed by atoms with E-state index in [0.717, 1.165) is 24.3 Å². The quantitative estimate of drug-likeness (QED) is 0.548. The van der Waals surface area contributed by atoms with Gasteiger partial charge in [-0.25, -0.2) is 17.6 Å². The first kappa shape index (κ1) is 21.3. The van der Waals surface area contributed by atoms with Crippen LogP contribution in [-0.2, 0) is 6.54 Å². The lowest BCUT2D eigenvalue weighted by Crippen LogP contribution is -2.23. The van der Waals surface area contributed by atoms with Gasteiger partial charge >= 0.3 is 0 Å². The predicted octanol–water partition coefficient (Wildman–Crippen LogP) is 5.08. The maximum atomic E-state index is 13.3. The Morgan fingerprint density at radius 1 is 0.733 bits per heavy atom. The van der Waals surface area contributed by atoms with Crippen LogP contribution in [0.15, 0.2) is 54.6 Å². The van der Waals surface area contributed by atoms with Crippen molar-refractivity contribution in [2.75, 3.05) is 5.32 Å². The molecule has 2 amide bonds. The topological polar surface area (TPSA) is 58.2 Å². The van der Waals surface area contributed by atoms with Gasteiger partial charge in [-0.2, -0.15) is 0 Å². The van der Waals surface area contributed by atoms with E-state index in [2.05, 4.69) is 10.6 Å². The first-order valence-electron chi connectivity index (χ1n) is 8.51. The molecule has 0 unspecified atom stereocenters. The molecule has 0 aliphatic heterocycles. The Kier molecular flexibility index (Phi) is 6.37. The van der Waals surface area contributed by atoms with Gasteiger partial charge in [-0.15, -0.1) is 0 Å². The molecular weight excluding hydrogens is 424 g/mol. The molecule has 4 nitrogen and oxygen atoms in total. The molecular formula is C21H13ClF4N2O2. The van der Waals surface area contributed by atoms with Gasteiger partial charge in [-0.05, 0) is 42.0 Å². The highest BCUT2D eigenvalue weighted by Gasteiger charge is 2.13. The van der Waals surface area contributed by atoms with Crippen LogP contribution < -0.4 is 10.6 Å². The van der Waals surface area contributed by atoms with Crippen LogP contribution in [0.5, 0.6) is 0 Å². The van der Waals surface area contributed by atoms with Crippen LogP contribution in [0, 0.1) is 23.3 Å². The van der Waals surface area contributed by atoms with Gasteiger partial charge in [-0.3, -0.25) is 9.59 Å². The average Bonchev–Trinajstić information content (AvgIpc) is 2.66. The van der Waals surface area contributed by atoms with E-state index in [-0.39, 0.29) is 28.4 Å². The first-order valence-corrected chi connectivity index (χ1v) is 8.89. The molecule has 0 radical (unpaired) electrons. The zero-order valence-corrected chi connectivity index (χ0v) is 15.9. The zero-order valence-electron chi connectivity index (χ0n) is 15.1. The summed E-state index contributed by atoms with van der Waals surface area (Å²) in [6.45, 7) is -0.0361. The fraction of sp³-hybridized carbons (Fsp3) is 0.0476.